The molecule has 3 nitrogen and oxygen atoms in total. The molecule has 0 amide bonds. The van der Waals surface area contributed by atoms with Gasteiger partial charge in [0.1, 0.15) is 12.4 Å². The second kappa shape index (κ2) is 7.82. The summed E-state index contributed by atoms with van der Waals surface area (Å²) in [6, 6.07) is 15.9. The smallest absolute Gasteiger partial charge is 0.328 e. The van der Waals surface area contributed by atoms with Crippen LogP contribution in [-0.4, -0.2) is 11.1 Å². The fourth-order valence-corrected chi connectivity index (χ4v) is 2.40. The lowest BCUT2D eigenvalue weighted by atomic mass is 9.81. The van der Waals surface area contributed by atoms with Gasteiger partial charge in [-0.15, -0.1) is 0 Å². The van der Waals surface area contributed by atoms with Crippen LogP contribution in [-0.2, 0) is 16.8 Å². The number of aliphatic carboxylic acids is 1. The summed E-state index contributed by atoms with van der Waals surface area (Å²) in [5.41, 5.74) is 3.01. The molecule has 24 heavy (non-hydrogen) atoms. The van der Waals surface area contributed by atoms with E-state index >= 15 is 0 Å². The van der Waals surface area contributed by atoms with Crippen LogP contribution < -0.4 is 4.74 Å². The molecular weight excluding hydrogens is 300 g/mol. The molecule has 0 aliphatic heterocycles. The predicted octanol–water partition coefficient (Wildman–Crippen LogP) is 5.05. The zero-order chi connectivity index (χ0) is 17.6. The van der Waals surface area contributed by atoms with Crippen LogP contribution in [0, 0.1) is 0 Å². The van der Waals surface area contributed by atoms with E-state index in [0.29, 0.717) is 6.61 Å². The van der Waals surface area contributed by atoms with Gasteiger partial charge in [-0.05, 0) is 41.2 Å². The third kappa shape index (κ3) is 4.72. The van der Waals surface area contributed by atoms with Gasteiger partial charge >= 0.3 is 5.97 Å². The molecular formula is C21H24O3. The van der Waals surface area contributed by atoms with Crippen LogP contribution >= 0.6 is 0 Å². The van der Waals surface area contributed by atoms with E-state index in [1.807, 2.05) is 48.5 Å². The summed E-state index contributed by atoms with van der Waals surface area (Å²) in [6.07, 6.45) is 3.72. The van der Waals surface area contributed by atoms with Gasteiger partial charge in [0.2, 0.25) is 0 Å². The lowest BCUT2D eigenvalue weighted by Crippen LogP contribution is -2.17. The second-order valence-electron chi connectivity index (χ2n) is 6.44. The van der Waals surface area contributed by atoms with Crippen molar-refractivity contribution in [3.05, 3.63) is 71.3 Å². The molecule has 0 saturated heterocycles. The number of hydrogen-bond donors (Lipinski definition) is 1. The van der Waals surface area contributed by atoms with E-state index in [1.165, 1.54) is 0 Å². The Bertz CT molecular complexity index is 715. The van der Waals surface area contributed by atoms with Crippen LogP contribution in [0.5, 0.6) is 5.75 Å². The Kier molecular flexibility index (Phi) is 5.80. The van der Waals surface area contributed by atoms with Crippen LogP contribution in [0.3, 0.4) is 0 Å². The Morgan fingerprint density at radius 3 is 2.50 bits per heavy atom. The largest absolute Gasteiger partial charge is 0.489 e. The molecule has 2 aromatic rings. The van der Waals surface area contributed by atoms with E-state index in [0.717, 1.165) is 34.9 Å². The van der Waals surface area contributed by atoms with Crippen molar-refractivity contribution in [2.24, 2.45) is 0 Å². The number of hydrogen-bond acceptors (Lipinski definition) is 2. The Balaban J connectivity index is 2.30. The molecule has 2 rings (SSSR count). The maximum atomic E-state index is 10.7. The first-order valence-corrected chi connectivity index (χ1v) is 8.14. The van der Waals surface area contributed by atoms with Crippen LogP contribution in [0.2, 0.25) is 0 Å². The molecule has 0 radical (unpaired) electrons. The average Bonchev–Trinajstić information content (AvgIpc) is 2.59. The van der Waals surface area contributed by atoms with Gasteiger partial charge in [0.05, 0.1) is 0 Å². The molecule has 0 fully saturated rings. The van der Waals surface area contributed by atoms with E-state index in [4.69, 9.17) is 9.84 Å². The summed E-state index contributed by atoms with van der Waals surface area (Å²) in [6.45, 7) is 6.99. The van der Waals surface area contributed by atoms with Crippen molar-refractivity contribution in [1.82, 2.24) is 0 Å². The van der Waals surface area contributed by atoms with E-state index in [-0.39, 0.29) is 5.41 Å². The van der Waals surface area contributed by atoms with Crippen molar-refractivity contribution in [3.63, 3.8) is 0 Å². The SMILES string of the molecule is CCC(C)(C)c1cc(C=CC(=O)O)ccc1OCc1ccccc1. The summed E-state index contributed by atoms with van der Waals surface area (Å²) in [5.74, 6) is -0.103. The summed E-state index contributed by atoms with van der Waals surface area (Å²) in [5, 5.41) is 8.80. The van der Waals surface area contributed by atoms with Crippen molar-refractivity contribution in [3.8, 4) is 5.75 Å². The van der Waals surface area contributed by atoms with Crippen molar-refractivity contribution < 1.29 is 14.6 Å². The molecule has 3 heteroatoms. The predicted molar refractivity (Wildman–Crippen MR) is 97.2 cm³/mol. The molecule has 0 saturated carbocycles. The highest BCUT2D eigenvalue weighted by Crippen LogP contribution is 2.35. The van der Waals surface area contributed by atoms with E-state index in [2.05, 4.69) is 20.8 Å². The zero-order valence-corrected chi connectivity index (χ0v) is 14.5. The molecule has 0 aliphatic carbocycles. The van der Waals surface area contributed by atoms with Gasteiger partial charge in [0.25, 0.3) is 0 Å². The highest BCUT2D eigenvalue weighted by Gasteiger charge is 2.23. The summed E-state index contributed by atoms with van der Waals surface area (Å²) >= 11 is 0. The van der Waals surface area contributed by atoms with Crippen LogP contribution in [0.15, 0.2) is 54.6 Å². The Labute approximate surface area is 143 Å². The Hall–Kier alpha value is -2.55. The summed E-state index contributed by atoms with van der Waals surface area (Å²) < 4.78 is 6.05. The maximum Gasteiger partial charge on any atom is 0.328 e. The monoisotopic (exact) mass is 324 g/mol. The first kappa shape index (κ1) is 17.8. The molecule has 1 N–H and O–H groups in total. The number of rotatable bonds is 7. The van der Waals surface area contributed by atoms with Gasteiger partial charge in [0.15, 0.2) is 0 Å². The minimum atomic E-state index is -0.948. The van der Waals surface area contributed by atoms with Crippen LogP contribution in [0.1, 0.15) is 43.9 Å². The highest BCUT2D eigenvalue weighted by molar-refractivity contribution is 5.85. The highest BCUT2D eigenvalue weighted by atomic mass is 16.5. The molecule has 0 aromatic heterocycles. The second-order valence-corrected chi connectivity index (χ2v) is 6.44. The fraction of sp³-hybridized carbons (Fsp3) is 0.286. The standard InChI is InChI=1S/C21H24O3/c1-4-21(2,3)18-14-16(11-13-20(22)23)10-12-19(18)24-15-17-8-6-5-7-9-17/h5-14H,4,15H2,1-3H3,(H,22,23). The molecule has 0 bridgehead atoms. The lowest BCUT2D eigenvalue weighted by molar-refractivity contribution is -0.131. The van der Waals surface area contributed by atoms with Crippen LogP contribution in [0.4, 0.5) is 0 Å². The van der Waals surface area contributed by atoms with Crippen molar-refractivity contribution in [1.29, 1.82) is 0 Å². The molecule has 0 spiro atoms. The lowest BCUT2D eigenvalue weighted by Gasteiger charge is -2.26. The van der Waals surface area contributed by atoms with Gasteiger partial charge in [-0.2, -0.15) is 0 Å². The van der Waals surface area contributed by atoms with Crippen molar-refractivity contribution >= 4 is 12.0 Å². The normalized spacial score (nSPS) is 11.6. The van der Waals surface area contributed by atoms with Crippen molar-refractivity contribution in [2.45, 2.75) is 39.2 Å². The van der Waals surface area contributed by atoms with Gasteiger partial charge in [-0.25, -0.2) is 4.79 Å². The molecule has 0 atom stereocenters. The van der Waals surface area contributed by atoms with Crippen molar-refractivity contribution in [2.75, 3.05) is 0 Å². The minimum Gasteiger partial charge on any atom is -0.489 e. The summed E-state index contributed by atoms with van der Waals surface area (Å²) in [7, 11) is 0. The number of benzene rings is 2. The Morgan fingerprint density at radius 1 is 1.17 bits per heavy atom. The maximum absolute atomic E-state index is 10.7. The Morgan fingerprint density at radius 2 is 1.88 bits per heavy atom. The first-order chi connectivity index (χ1) is 11.4. The fourth-order valence-electron chi connectivity index (χ4n) is 2.40. The first-order valence-electron chi connectivity index (χ1n) is 8.14. The van der Waals surface area contributed by atoms with E-state index in [1.54, 1.807) is 6.08 Å². The average molecular weight is 324 g/mol. The number of ether oxygens (including phenoxy) is 1. The molecule has 0 aliphatic rings. The topological polar surface area (TPSA) is 46.5 Å². The number of carboxylic acid groups (broad SMARTS) is 1. The minimum absolute atomic E-state index is 0.0565. The molecule has 0 heterocycles. The molecule has 0 unspecified atom stereocenters. The zero-order valence-electron chi connectivity index (χ0n) is 14.5. The van der Waals surface area contributed by atoms with Crippen LogP contribution in [0.25, 0.3) is 6.08 Å². The number of carboxylic acids is 1. The van der Waals surface area contributed by atoms with Gasteiger partial charge in [0, 0.05) is 11.6 Å². The van der Waals surface area contributed by atoms with Gasteiger partial charge in [-0.3, -0.25) is 0 Å². The van der Waals surface area contributed by atoms with E-state index < -0.39 is 5.97 Å². The third-order valence-electron chi connectivity index (χ3n) is 4.27. The third-order valence-corrected chi connectivity index (χ3v) is 4.27. The molecule has 2 aromatic carbocycles. The van der Waals surface area contributed by atoms with E-state index in [9.17, 15) is 4.79 Å². The quantitative estimate of drug-likeness (QED) is 0.725. The molecule has 126 valence electrons. The summed E-state index contributed by atoms with van der Waals surface area (Å²) in [4.78, 5) is 10.7. The van der Waals surface area contributed by atoms with Gasteiger partial charge in [-0.1, -0.05) is 57.2 Å². The number of carbonyl (C=O) groups is 1. The van der Waals surface area contributed by atoms with Gasteiger partial charge < -0.3 is 9.84 Å².